The van der Waals surface area contributed by atoms with Crippen molar-refractivity contribution in [3.05, 3.63) is 0 Å². The summed E-state index contributed by atoms with van der Waals surface area (Å²) in [4.78, 5) is 11.7. The highest BCUT2D eigenvalue weighted by Crippen LogP contribution is 2.14. The summed E-state index contributed by atoms with van der Waals surface area (Å²) in [7, 11) is 0. The van der Waals surface area contributed by atoms with Crippen molar-refractivity contribution in [2.24, 2.45) is 5.92 Å². The molecule has 1 aliphatic heterocycles. The number of nitrogens with one attached hydrogen (secondary N) is 1. The largest absolute Gasteiger partial charge is 0.394 e. The Bertz CT molecular complexity index is 198. The van der Waals surface area contributed by atoms with Gasteiger partial charge in [0.25, 0.3) is 0 Å². The highest BCUT2D eigenvalue weighted by atomic mass is 16.5. The van der Waals surface area contributed by atoms with E-state index in [4.69, 9.17) is 9.84 Å². The van der Waals surface area contributed by atoms with Gasteiger partial charge in [-0.3, -0.25) is 4.79 Å². The van der Waals surface area contributed by atoms with E-state index >= 15 is 0 Å². The normalized spacial score (nSPS) is 23.2. The van der Waals surface area contributed by atoms with E-state index in [0.29, 0.717) is 6.61 Å². The fraction of sp³-hybridized carbons (Fsp3) is 0.900. The maximum absolute atomic E-state index is 11.7. The van der Waals surface area contributed by atoms with E-state index in [1.165, 1.54) is 0 Å². The molecule has 0 saturated carbocycles. The second-order valence-electron chi connectivity index (χ2n) is 4.45. The Labute approximate surface area is 84.6 Å². The third kappa shape index (κ3) is 3.27. The minimum Gasteiger partial charge on any atom is -0.394 e. The first kappa shape index (κ1) is 11.5. The first-order chi connectivity index (χ1) is 6.55. The van der Waals surface area contributed by atoms with E-state index in [9.17, 15) is 4.79 Å². The lowest BCUT2D eigenvalue weighted by atomic mass is 9.99. The van der Waals surface area contributed by atoms with Crippen LogP contribution in [0.4, 0.5) is 0 Å². The molecular formula is C10H19NO3. The average molecular weight is 201 g/mol. The molecule has 1 atom stereocenters. The van der Waals surface area contributed by atoms with E-state index < -0.39 is 5.54 Å². The van der Waals surface area contributed by atoms with Crippen LogP contribution in [-0.4, -0.2) is 36.4 Å². The van der Waals surface area contributed by atoms with Gasteiger partial charge in [0.05, 0.1) is 24.7 Å². The number of hydrogen-bond donors (Lipinski definition) is 2. The number of amides is 1. The van der Waals surface area contributed by atoms with Crippen molar-refractivity contribution in [2.75, 3.05) is 19.8 Å². The molecule has 1 aliphatic rings. The van der Waals surface area contributed by atoms with Crippen LogP contribution in [-0.2, 0) is 9.53 Å². The molecule has 0 aromatic carbocycles. The van der Waals surface area contributed by atoms with E-state index in [2.05, 4.69) is 5.32 Å². The fourth-order valence-corrected chi connectivity index (χ4v) is 1.42. The number of carbonyl (C=O) groups excluding carboxylic acids is 1. The van der Waals surface area contributed by atoms with Crippen molar-refractivity contribution in [2.45, 2.75) is 32.2 Å². The maximum atomic E-state index is 11.7. The van der Waals surface area contributed by atoms with Gasteiger partial charge in [0.2, 0.25) is 5.91 Å². The summed E-state index contributed by atoms with van der Waals surface area (Å²) in [6.07, 6.45) is 1.82. The molecule has 1 saturated heterocycles. The number of rotatable bonds is 3. The summed E-state index contributed by atoms with van der Waals surface area (Å²) in [5.74, 6) is -0.0571. The minimum atomic E-state index is -0.533. The third-order valence-electron chi connectivity index (χ3n) is 2.39. The number of carbonyl (C=O) groups is 1. The van der Waals surface area contributed by atoms with Crippen LogP contribution < -0.4 is 5.32 Å². The predicted octanol–water partition coefficient (Wildman–Crippen LogP) is 0.300. The smallest absolute Gasteiger partial charge is 0.225 e. The lowest BCUT2D eigenvalue weighted by Crippen LogP contribution is -2.49. The zero-order valence-corrected chi connectivity index (χ0v) is 8.88. The van der Waals surface area contributed by atoms with Crippen LogP contribution in [0, 0.1) is 5.92 Å². The van der Waals surface area contributed by atoms with Gasteiger partial charge < -0.3 is 15.2 Å². The van der Waals surface area contributed by atoms with Gasteiger partial charge >= 0.3 is 0 Å². The molecular weight excluding hydrogens is 182 g/mol. The molecule has 1 unspecified atom stereocenters. The van der Waals surface area contributed by atoms with Crippen LogP contribution in [0.2, 0.25) is 0 Å². The molecule has 1 rings (SSSR count). The summed E-state index contributed by atoms with van der Waals surface area (Å²) >= 11 is 0. The zero-order valence-electron chi connectivity index (χ0n) is 8.88. The van der Waals surface area contributed by atoms with Gasteiger partial charge in [0.1, 0.15) is 0 Å². The third-order valence-corrected chi connectivity index (χ3v) is 2.39. The monoisotopic (exact) mass is 201 g/mol. The number of hydrogen-bond acceptors (Lipinski definition) is 3. The number of ether oxygens (including phenoxy) is 1. The Morgan fingerprint density at radius 2 is 2.36 bits per heavy atom. The molecule has 0 aliphatic carbocycles. The summed E-state index contributed by atoms with van der Waals surface area (Å²) in [6, 6.07) is 0. The summed E-state index contributed by atoms with van der Waals surface area (Å²) in [6.45, 7) is 4.82. The highest BCUT2D eigenvalue weighted by Gasteiger charge is 2.26. The Balaban J connectivity index is 2.40. The topological polar surface area (TPSA) is 58.6 Å². The minimum absolute atomic E-state index is 0.0104. The zero-order chi connectivity index (χ0) is 10.6. The van der Waals surface area contributed by atoms with Crippen LogP contribution in [0.25, 0.3) is 0 Å². The Hall–Kier alpha value is -0.610. The molecule has 0 aromatic heterocycles. The molecule has 14 heavy (non-hydrogen) atoms. The Morgan fingerprint density at radius 1 is 1.64 bits per heavy atom. The van der Waals surface area contributed by atoms with Gasteiger partial charge in [0, 0.05) is 6.61 Å². The van der Waals surface area contributed by atoms with Crippen LogP contribution >= 0.6 is 0 Å². The van der Waals surface area contributed by atoms with Crippen LogP contribution in [0.3, 0.4) is 0 Å². The second-order valence-corrected chi connectivity index (χ2v) is 4.45. The molecule has 0 bridgehead atoms. The molecule has 0 radical (unpaired) electrons. The molecule has 0 aromatic rings. The van der Waals surface area contributed by atoms with Gasteiger partial charge in [-0.1, -0.05) is 0 Å². The maximum Gasteiger partial charge on any atom is 0.225 e. The van der Waals surface area contributed by atoms with Crippen molar-refractivity contribution in [3.63, 3.8) is 0 Å². The molecule has 2 N–H and O–H groups in total. The van der Waals surface area contributed by atoms with Crippen molar-refractivity contribution in [1.29, 1.82) is 0 Å². The van der Waals surface area contributed by atoms with Crippen molar-refractivity contribution >= 4 is 5.91 Å². The van der Waals surface area contributed by atoms with Crippen LogP contribution in [0.15, 0.2) is 0 Å². The summed E-state index contributed by atoms with van der Waals surface area (Å²) in [5, 5.41) is 11.8. The number of aliphatic hydroxyl groups is 1. The van der Waals surface area contributed by atoms with Gasteiger partial charge in [-0.25, -0.2) is 0 Å². The van der Waals surface area contributed by atoms with Crippen LogP contribution in [0.5, 0.6) is 0 Å². The average Bonchev–Trinajstić information content (AvgIpc) is 2.19. The SMILES string of the molecule is CC(C)(CO)NC(=O)C1CCCOC1. The highest BCUT2D eigenvalue weighted by molar-refractivity contribution is 5.79. The van der Waals surface area contributed by atoms with Gasteiger partial charge in [-0.05, 0) is 26.7 Å². The van der Waals surface area contributed by atoms with E-state index in [1.807, 2.05) is 0 Å². The number of aliphatic hydroxyl groups excluding tert-OH is 1. The molecule has 4 nitrogen and oxygen atoms in total. The first-order valence-corrected chi connectivity index (χ1v) is 5.06. The second kappa shape index (κ2) is 4.75. The standard InChI is InChI=1S/C10H19NO3/c1-10(2,7-12)11-9(13)8-4-3-5-14-6-8/h8,12H,3-7H2,1-2H3,(H,11,13). The van der Waals surface area contributed by atoms with E-state index in [0.717, 1.165) is 19.4 Å². The van der Waals surface area contributed by atoms with Gasteiger partial charge in [0.15, 0.2) is 0 Å². The van der Waals surface area contributed by atoms with Crippen LogP contribution in [0.1, 0.15) is 26.7 Å². The van der Waals surface area contributed by atoms with Crippen molar-refractivity contribution in [1.82, 2.24) is 5.32 Å². The quantitative estimate of drug-likeness (QED) is 0.690. The molecule has 0 spiro atoms. The van der Waals surface area contributed by atoms with E-state index in [-0.39, 0.29) is 18.4 Å². The van der Waals surface area contributed by atoms with E-state index in [1.54, 1.807) is 13.8 Å². The first-order valence-electron chi connectivity index (χ1n) is 5.06. The molecule has 1 amide bonds. The lowest BCUT2D eigenvalue weighted by Gasteiger charge is -2.28. The fourth-order valence-electron chi connectivity index (χ4n) is 1.42. The predicted molar refractivity (Wildman–Crippen MR) is 52.9 cm³/mol. The molecule has 82 valence electrons. The van der Waals surface area contributed by atoms with Gasteiger partial charge in [-0.15, -0.1) is 0 Å². The molecule has 4 heteroatoms. The summed E-state index contributed by atoms with van der Waals surface area (Å²) < 4.78 is 5.23. The molecule has 1 fully saturated rings. The van der Waals surface area contributed by atoms with Crippen molar-refractivity contribution < 1.29 is 14.6 Å². The van der Waals surface area contributed by atoms with Gasteiger partial charge in [-0.2, -0.15) is 0 Å². The Morgan fingerprint density at radius 3 is 2.86 bits per heavy atom. The molecule has 1 heterocycles. The lowest BCUT2D eigenvalue weighted by molar-refractivity contribution is -0.131. The Kier molecular flexibility index (Phi) is 3.89. The summed E-state index contributed by atoms with van der Waals surface area (Å²) in [5.41, 5.74) is -0.533. The van der Waals surface area contributed by atoms with Crippen molar-refractivity contribution in [3.8, 4) is 0 Å².